The predicted molar refractivity (Wildman–Crippen MR) is 137 cm³/mol. The highest BCUT2D eigenvalue weighted by atomic mass is 16.4. The largest absolute Gasteiger partial charge is 0.508 e. The summed E-state index contributed by atoms with van der Waals surface area (Å²) in [5, 5.41) is 25.7. The second-order valence-electron chi connectivity index (χ2n) is 8.62. The number of nitrogens with two attached hydrogens (primary N) is 4. The SMILES string of the molecule is CC(NC(=O)C(CCCN=C(N)N)NC(=O)C(CCC(N)=O)NC(=O)C(N)Cc1ccc(O)cc1)C(=O)O. The molecule has 1 aromatic carbocycles. The van der Waals surface area contributed by atoms with Crippen LogP contribution in [0.3, 0.4) is 0 Å². The molecule has 0 heterocycles. The van der Waals surface area contributed by atoms with Gasteiger partial charge in [-0.3, -0.25) is 29.0 Å². The maximum Gasteiger partial charge on any atom is 0.325 e. The van der Waals surface area contributed by atoms with Gasteiger partial charge >= 0.3 is 5.97 Å². The number of phenols is 1. The van der Waals surface area contributed by atoms with E-state index in [4.69, 9.17) is 28.0 Å². The zero-order valence-corrected chi connectivity index (χ0v) is 21.1. The molecule has 0 aliphatic rings. The van der Waals surface area contributed by atoms with Crippen LogP contribution in [0.4, 0.5) is 0 Å². The molecule has 1 rings (SSSR count). The first-order valence-corrected chi connectivity index (χ1v) is 11.8. The Hall–Kier alpha value is -4.40. The van der Waals surface area contributed by atoms with E-state index < -0.39 is 53.8 Å². The van der Waals surface area contributed by atoms with Crippen molar-refractivity contribution < 1.29 is 34.2 Å². The average Bonchev–Trinajstić information content (AvgIpc) is 2.84. The molecule has 0 fully saturated rings. The molecule has 0 spiro atoms. The fourth-order valence-corrected chi connectivity index (χ4v) is 3.23. The third-order valence-corrected chi connectivity index (χ3v) is 5.35. The molecule has 0 aromatic heterocycles. The lowest BCUT2D eigenvalue weighted by atomic mass is 10.0. The van der Waals surface area contributed by atoms with Crippen molar-refractivity contribution in [3.05, 3.63) is 29.8 Å². The van der Waals surface area contributed by atoms with Crippen LogP contribution >= 0.6 is 0 Å². The minimum Gasteiger partial charge on any atom is -0.508 e. The van der Waals surface area contributed by atoms with Gasteiger partial charge in [-0.2, -0.15) is 0 Å². The molecule has 4 amide bonds. The number of carboxylic acids is 1. The summed E-state index contributed by atoms with van der Waals surface area (Å²) in [6, 6.07) is 1.27. The number of nitrogens with one attached hydrogen (secondary N) is 3. The molecule has 0 bridgehead atoms. The number of hydrogen-bond acceptors (Lipinski definition) is 8. The van der Waals surface area contributed by atoms with Crippen molar-refractivity contribution in [3.63, 3.8) is 0 Å². The molecular formula is C23H36N8O7. The van der Waals surface area contributed by atoms with E-state index in [1.807, 2.05) is 0 Å². The van der Waals surface area contributed by atoms with Gasteiger partial charge in [-0.05, 0) is 50.3 Å². The minimum atomic E-state index is -1.28. The number of carbonyl (C=O) groups is 5. The summed E-state index contributed by atoms with van der Waals surface area (Å²) in [6.45, 7) is 1.40. The number of amides is 4. The van der Waals surface area contributed by atoms with Gasteiger partial charge in [-0.25, -0.2) is 0 Å². The molecule has 0 aliphatic carbocycles. The van der Waals surface area contributed by atoms with Crippen LogP contribution in [0.5, 0.6) is 5.75 Å². The van der Waals surface area contributed by atoms with E-state index in [0.29, 0.717) is 5.56 Å². The van der Waals surface area contributed by atoms with Gasteiger partial charge in [0.1, 0.15) is 23.9 Å². The van der Waals surface area contributed by atoms with Gasteiger partial charge in [0.25, 0.3) is 0 Å². The second kappa shape index (κ2) is 15.7. The molecule has 210 valence electrons. The highest BCUT2D eigenvalue weighted by molar-refractivity contribution is 5.94. The number of aliphatic imine (C=N–C) groups is 1. The van der Waals surface area contributed by atoms with Gasteiger partial charge in [0, 0.05) is 13.0 Å². The molecule has 0 aliphatic heterocycles. The van der Waals surface area contributed by atoms with Crippen LogP contribution < -0.4 is 38.9 Å². The number of nitrogens with zero attached hydrogens (tertiary/aromatic N) is 1. The topological polar surface area (TPSA) is 278 Å². The Morgan fingerprint density at radius 2 is 1.45 bits per heavy atom. The average molecular weight is 537 g/mol. The van der Waals surface area contributed by atoms with Crippen molar-refractivity contribution in [1.82, 2.24) is 16.0 Å². The van der Waals surface area contributed by atoms with Crippen molar-refractivity contribution in [3.8, 4) is 5.75 Å². The van der Waals surface area contributed by atoms with Gasteiger partial charge in [0.15, 0.2) is 5.96 Å². The molecule has 0 saturated carbocycles. The smallest absolute Gasteiger partial charge is 0.325 e. The Morgan fingerprint density at radius 3 is 2.00 bits per heavy atom. The van der Waals surface area contributed by atoms with E-state index in [9.17, 15) is 29.1 Å². The number of phenolic OH excluding ortho intramolecular Hbond substituents is 1. The zero-order valence-electron chi connectivity index (χ0n) is 21.1. The third kappa shape index (κ3) is 12.0. The van der Waals surface area contributed by atoms with Gasteiger partial charge in [0.05, 0.1) is 6.04 Å². The van der Waals surface area contributed by atoms with Gasteiger partial charge in [0.2, 0.25) is 23.6 Å². The normalized spacial score (nSPS) is 13.7. The number of rotatable bonds is 16. The van der Waals surface area contributed by atoms with Crippen molar-refractivity contribution in [1.29, 1.82) is 0 Å². The number of guanidine groups is 1. The molecule has 1 aromatic rings. The monoisotopic (exact) mass is 536 g/mol. The third-order valence-electron chi connectivity index (χ3n) is 5.35. The van der Waals surface area contributed by atoms with Crippen molar-refractivity contribution in [2.24, 2.45) is 27.9 Å². The van der Waals surface area contributed by atoms with Crippen molar-refractivity contribution >= 4 is 35.6 Å². The van der Waals surface area contributed by atoms with Crippen LogP contribution in [0, 0.1) is 0 Å². The molecular weight excluding hydrogens is 500 g/mol. The molecule has 38 heavy (non-hydrogen) atoms. The summed E-state index contributed by atoms with van der Waals surface area (Å²) in [7, 11) is 0. The summed E-state index contributed by atoms with van der Waals surface area (Å²) in [6.07, 6.45) is -0.0279. The fourth-order valence-electron chi connectivity index (χ4n) is 3.23. The highest BCUT2D eigenvalue weighted by Gasteiger charge is 2.29. The number of aromatic hydroxyl groups is 1. The van der Waals surface area contributed by atoms with Crippen LogP contribution in [0.25, 0.3) is 0 Å². The first-order chi connectivity index (χ1) is 17.8. The second-order valence-corrected chi connectivity index (χ2v) is 8.62. The maximum atomic E-state index is 13.1. The Bertz CT molecular complexity index is 1010. The van der Waals surface area contributed by atoms with E-state index in [1.54, 1.807) is 12.1 Å². The van der Waals surface area contributed by atoms with E-state index >= 15 is 0 Å². The predicted octanol–water partition coefficient (Wildman–Crippen LogP) is -2.86. The number of hydrogen-bond donors (Lipinski definition) is 9. The van der Waals surface area contributed by atoms with Gasteiger partial charge in [-0.1, -0.05) is 12.1 Å². The van der Waals surface area contributed by atoms with Gasteiger partial charge < -0.3 is 49.1 Å². The van der Waals surface area contributed by atoms with Crippen LogP contribution in [-0.2, 0) is 30.4 Å². The minimum absolute atomic E-state index is 0.0392. The summed E-state index contributed by atoms with van der Waals surface area (Å²) in [5.74, 6) is -4.39. The van der Waals surface area contributed by atoms with Gasteiger partial charge in [-0.15, -0.1) is 0 Å². The standard InChI is InChI=1S/C23H36N8O7/c1-12(22(37)38)29-20(35)16(3-2-10-28-23(26)27)31-21(36)17(8-9-18(25)33)30-19(34)15(24)11-13-4-6-14(32)7-5-13/h4-7,12,15-17,32H,2-3,8-11,24H2,1H3,(H2,25,33)(H,29,35)(H,30,34)(H,31,36)(H,37,38)(H4,26,27,28). The molecule has 0 saturated heterocycles. The number of primary amides is 1. The van der Waals surface area contributed by atoms with Crippen LogP contribution in [0.15, 0.2) is 29.3 Å². The molecule has 4 atom stereocenters. The van der Waals surface area contributed by atoms with Crippen LogP contribution in [-0.4, -0.2) is 76.5 Å². The Kier molecular flexibility index (Phi) is 13.0. The molecule has 15 heteroatoms. The maximum absolute atomic E-state index is 13.1. The molecule has 13 N–H and O–H groups in total. The fraction of sp³-hybridized carbons (Fsp3) is 0.478. The summed E-state index contributed by atoms with van der Waals surface area (Å²) < 4.78 is 0. The van der Waals surface area contributed by atoms with Crippen LogP contribution in [0.1, 0.15) is 38.2 Å². The number of carbonyl (C=O) groups excluding carboxylic acids is 4. The summed E-state index contributed by atoms with van der Waals surface area (Å²) >= 11 is 0. The Balaban J connectivity index is 2.98. The van der Waals surface area contributed by atoms with E-state index in [0.717, 1.165) is 0 Å². The molecule has 15 nitrogen and oxygen atoms in total. The number of benzene rings is 1. The quantitative estimate of drug-likeness (QED) is 0.0591. The van der Waals surface area contributed by atoms with E-state index in [1.165, 1.54) is 19.1 Å². The van der Waals surface area contributed by atoms with E-state index in [2.05, 4.69) is 20.9 Å². The Labute approximate surface area is 219 Å². The van der Waals surface area contributed by atoms with E-state index in [-0.39, 0.29) is 50.4 Å². The first kappa shape index (κ1) is 31.6. The zero-order chi connectivity index (χ0) is 28.8. The molecule has 4 unspecified atom stereocenters. The lowest BCUT2D eigenvalue weighted by molar-refractivity contribution is -0.141. The summed E-state index contributed by atoms with van der Waals surface area (Å²) in [4.78, 5) is 64.8. The first-order valence-electron chi connectivity index (χ1n) is 11.8. The molecule has 0 radical (unpaired) electrons. The Morgan fingerprint density at radius 1 is 0.895 bits per heavy atom. The lowest BCUT2D eigenvalue weighted by Crippen LogP contribution is -2.57. The number of carboxylic acid groups (broad SMARTS) is 1. The van der Waals surface area contributed by atoms with Crippen LogP contribution in [0.2, 0.25) is 0 Å². The summed E-state index contributed by atoms with van der Waals surface area (Å²) in [5.41, 5.74) is 22.4. The highest BCUT2D eigenvalue weighted by Crippen LogP contribution is 2.11. The lowest BCUT2D eigenvalue weighted by Gasteiger charge is -2.24. The van der Waals surface area contributed by atoms with Crippen molar-refractivity contribution in [2.75, 3.05) is 6.54 Å². The number of aliphatic carboxylic acids is 1. The van der Waals surface area contributed by atoms with Crippen molar-refractivity contribution in [2.45, 2.75) is 63.2 Å².